The highest BCUT2D eigenvalue weighted by molar-refractivity contribution is 6.00. The summed E-state index contributed by atoms with van der Waals surface area (Å²) in [5.41, 5.74) is 0.598. The van der Waals surface area contributed by atoms with E-state index in [2.05, 4.69) is 0 Å². The second-order valence-electron chi connectivity index (χ2n) is 3.20. The molecule has 0 spiro atoms. The fourth-order valence-electron chi connectivity index (χ4n) is 1.69. The Bertz CT molecular complexity index is 411. The summed E-state index contributed by atoms with van der Waals surface area (Å²) < 4.78 is 15.8. The molecule has 1 aromatic carbocycles. The van der Waals surface area contributed by atoms with Crippen molar-refractivity contribution in [3.05, 3.63) is 17.7 Å². The van der Waals surface area contributed by atoms with Crippen LogP contribution < -0.4 is 14.2 Å². The quantitative estimate of drug-likeness (QED) is 0.623. The predicted molar refractivity (Wildman–Crippen MR) is 47.0 cm³/mol. The van der Waals surface area contributed by atoms with E-state index in [9.17, 15) is 4.79 Å². The summed E-state index contributed by atoms with van der Waals surface area (Å²) in [5, 5.41) is 0. The van der Waals surface area contributed by atoms with Crippen molar-refractivity contribution in [1.82, 2.24) is 0 Å². The van der Waals surface area contributed by atoms with Gasteiger partial charge in [-0.25, -0.2) is 0 Å². The van der Waals surface area contributed by atoms with Crippen molar-refractivity contribution in [1.29, 1.82) is 0 Å². The molecule has 1 aromatic rings. The van der Waals surface area contributed by atoms with Gasteiger partial charge in [-0.05, 0) is 12.1 Å². The van der Waals surface area contributed by atoms with E-state index in [4.69, 9.17) is 14.2 Å². The first-order chi connectivity index (χ1) is 6.86. The zero-order valence-corrected chi connectivity index (χ0v) is 7.41. The SMILES string of the molecule is O=C1CCOc2c1ccc1c2OCO1. The van der Waals surface area contributed by atoms with Crippen molar-refractivity contribution in [2.75, 3.05) is 13.4 Å². The summed E-state index contributed by atoms with van der Waals surface area (Å²) in [7, 11) is 0. The van der Waals surface area contributed by atoms with Crippen LogP contribution >= 0.6 is 0 Å². The third-order valence-electron chi connectivity index (χ3n) is 2.37. The number of hydrogen-bond donors (Lipinski definition) is 0. The van der Waals surface area contributed by atoms with Crippen molar-refractivity contribution >= 4 is 5.78 Å². The summed E-state index contributed by atoms with van der Waals surface area (Å²) in [6.45, 7) is 0.620. The van der Waals surface area contributed by atoms with Gasteiger partial charge in [-0.15, -0.1) is 0 Å². The fourth-order valence-corrected chi connectivity index (χ4v) is 1.69. The lowest BCUT2D eigenvalue weighted by atomic mass is 10.0. The zero-order valence-electron chi connectivity index (χ0n) is 7.41. The van der Waals surface area contributed by atoms with Crippen LogP contribution in [0, 0.1) is 0 Å². The third-order valence-corrected chi connectivity index (χ3v) is 2.37. The summed E-state index contributed by atoms with van der Waals surface area (Å²) >= 11 is 0. The number of fused-ring (bicyclic) bond motifs is 3. The average Bonchev–Trinajstić information content (AvgIpc) is 2.66. The molecule has 2 aliphatic rings. The number of rotatable bonds is 0. The lowest BCUT2D eigenvalue weighted by Crippen LogP contribution is -2.15. The summed E-state index contributed by atoms with van der Waals surface area (Å²) in [6.07, 6.45) is 0.437. The van der Waals surface area contributed by atoms with Crippen LogP contribution in [-0.4, -0.2) is 19.2 Å². The first-order valence-corrected chi connectivity index (χ1v) is 4.45. The zero-order chi connectivity index (χ0) is 9.54. The minimum Gasteiger partial charge on any atom is -0.488 e. The Morgan fingerprint density at radius 1 is 1.07 bits per heavy atom. The molecular weight excluding hydrogens is 184 g/mol. The first-order valence-electron chi connectivity index (χ1n) is 4.45. The molecule has 0 amide bonds. The van der Waals surface area contributed by atoms with Crippen molar-refractivity contribution in [2.45, 2.75) is 6.42 Å². The normalized spacial score (nSPS) is 17.6. The van der Waals surface area contributed by atoms with E-state index < -0.39 is 0 Å². The minimum absolute atomic E-state index is 0.101. The van der Waals surface area contributed by atoms with Crippen LogP contribution in [0.4, 0.5) is 0 Å². The Labute approximate surface area is 80.4 Å². The van der Waals surface area contributed by atoms with Gasteiger partial charge in [-0.1, -0.05) is 0 Å². The molecule has 0 atom stereocenters. The van der Waals surface area contributed by atoms with Gasteiger partial charge in [0.15, 0.2) is 17.3 Å². The lowest BCUT2D eigenvalue weighted by Gasteiger charge is -2.17. The van der Waals surface area contributed by atoms with E-state index in [1.165, 1.54) is 0 Å². The number of ketones is 1. The minimum atomic E-state index is 0.101. The monoisotopic (exact) mass is 192 g/mol. The Balaban J connectivity index is 2.22. The second kappa shape index (κ2) is 2.64. The molecule has 72 valence electrons. The van der Waals surface area contributed by atoms with E-state index in [0.717, 1.165) is 0 Å². The summed E-state index contributed by atoms with van der Waals surface area (Å²) in [6, 6.07) is 3.47. The van der Waals surface area contributed by atoms with Crippen molar-refractivity contribution in [3.8, 4) is 17.2 Å². The van der Waals surface area contributed by atoms with Crippen LogP contribution in [0.2, 0.25) is 0 Å². The van der Waals surface area contributed by atoms with Crippen LogP contribution in [0.25, 0.3) is 0 Å². The van der Waals surface area contributed by atoms with Crippen LogP contribution in [0.1, 0.15) is 16.8 Å². The molecule has 0 fully saturated rings. The topological polar surface area (TPSA) is 44.8 Å². The molecule has 0 aromatic heterocycles. The molecule has 4 heteroatoms. The van der Waals surface area contributed by atoms with Gasteiger partial charge >= 0.3 is 0 Å². The van der Waals surface area contributed by atoms with Crippen LogP contribution in [-0.2, 0) is 0 Å². The maximum absolute atomic E-state index is 11.5. The number of carbonyl (C=O) groups is 1. The number of carbonyl (C=O) groups excluding carboxylic acids is 1. The highest BCUT2D eigenvalue weighted by Gasteiger charge is 2.27. The van der Waals surface area contributed by atoms with Crippen LogP contribution in [0.3, 0.4) is 0 Å². The van der Waals surface area contributed by atoms with E-state index in [-0.39, 0.29) is 12.6 Å². The largest absolute Gasteiger partial charge is 0.488 e. The highest BCUT2D eigenvalue weighted by atomic mass is 16.7. The summed E-state index contributed by atoms with van der Waals surface area (Å²) in [4.78, 5) is 11.5. The lowest BCUT2D eigenvalue weighted by molar-refractivity contribution is 0.0929. The Morgan fingerprint density at radius 3 is 2.93 bits per heavy atom. The molecule has 0 bridgehead atoms. The smallest absolute Gasteiger partial charge is 0.231 e. The standard InChI is InChI=1S/C10H8O4/c11-7-3-4-12-9-6(7)1-2-8-10(9)14-5-13-8/h1-2H,3-5H2. The predicted octanol–water partition coefficient (Wildman–Crippen LogP) is 1.38. The number of ether oxygens (including phenoxy) is 3. The average molecular weight is 192 g/mol. The van der Waals surface area contributed by atoms with E-state index >= 15 is 0 Å². The van der Waals surface area contributed by atoms with Crippen molar-refractivity contribution in [2.24, 2.45) is 0 Å². The molecule has 0 saturated heterocycles. The molecule has 0 radical (unpaired) electrons. The van der Waals surface area contributed by atoms with Crippen LogP contribution in [0.5, 0.6) is 17.2 Å². The number of Topliss-reactive ketones (excluding diaryl/α,β-unsaturated/α-hetero) is 1. The van der Waals surface area contributed by atoms with Gasteiger partial charge in [0.1, 0.15) is 0 Å². The van der Waals surface area contributed by atoms with E-state index in [0.29, 0.717) is 35.8 Å². The molecular formula is C10H8O4. The Kier molecular flexibility index (Phi) is 1.45. The van der Waals surface area contributed by atoms with Gasteiger partial charge in [-0.3, -0.25) is 4.79 Å². The van der Waals surface area contributed by atoms with Gasteiger partial charge in [0, 0.05) is 6.42 Å². The van der Waals surface area contributed by atoms with Gasteiger partial charge in [0.25, 0.3) is 0 Å². The molecule has 0 aliphatic carbocycles. The van der Waals surface area contributed by atoms with Gasteiger partial charge < -0.3 is 14.2 Å². The van der Waals surface area contributed by atoms with Crippen molar-refractivity contribution < 1.29 is 19.0 Å². The van der Waals surface area contributed by atoms with E-state index in [1.54, 1.807) is 12.1 Å². The Hall–Kier alpha value is -1.71. The van der Waals surface area contributed by atoms with Gasteiger partial charge in [-0.2, -0.15) is 0 Å². The third kappa shape index (κ3) is 0.907. The molecule has 0 N–H and O–H groups in total. The number of benzene rings is 1. The highest BCUT2D eigenvalue weighted by Crippen LogP contribution is 2.44. The molecule has 4 nitrogen and oxygen atoms in total. The van der Waals surface area contributed by atoms with Crippen LogP contribution in [0.15, 0.2) is 12.1 Å². The molecule has 0 saturated carbocycles. The van der Waals surface area contributed by atoms with Gasteiger partial charge in [0.2, 0.25) is 12.5 Å². The van der Waals surface area contributed by atoms with Gasteiger partial charge in [0.05, 0.1) is 12.2 Å². The molecule has 2 heterocycles. The summed E-state index contributed by atoms with van der Waals surface area (Å²) in [5.74, 6) is 1.86. The van der Waals surface area contributed by atoms with Crippen molar-refractivity contribution in [3.63, 3.8) is 0 Å². The fraction of sp³-hybridized carbons (Fsp3) is 0.300. The molecule has 14 heavy (non-hydrogen) atoms. The second-order valence-corrected chi connectivity index (χ2v) is 3.20. The molecule has 2 aliphatic heterocycles. The van der Waals surface area contributed by atoms with E-state index in [1.807, 2.05) is 0 Å². The number of hydrogen-bond acceptors (Lipinski definition) is 4. The maximum atomic E-state index is 11.5. The Morgan fingerprint density at radius 2 is 2.00 bits per heavy atom. The maximum Gasteiger partial charge on any atom is 0.231 e. The first kappa shape index (κ1) is 7.67. The molecule has 3 rings (SSSR count). The molecule has 0 unspecified atom stereocenters.